The molecule has 0 radical (unpaired) electrons. The van der Waals surface area contributed by atoms with Crippen LogP contribution in [0.5, 0.6) is 0 Å². The van der Waals surface area contributed by atoms with E-state index >= 15 is 0 Å². The molecular weight excluding hydrogens is 328 g/mol. The Bertz CT molecular complexity index is 966. The van der Waals surface area contributed by atoms with Crippen molar-refractivity contribution in [1.29, 1.82) is 0 Å². The van der Waals surface area contributed by atoms with Crippen molar-refractivity contribution in [2.75, 3.05) is 5.43 Å². The lowest BCUT2D eigenvalue weighted by molar-refractivity contribution is 0.799. The Hall–Kier alpha value is -2.76. The molecule has 0 amide bonds. The van der Waals surface area contributed by atoms with Crippen LogP contribution in [0.1, 0.15) is 16.0 Å². The van der Waals surface area contributed by atoms with Gasteiger partial charge in [-0.1, -0.05) is 48.5 Å². The number of para-hydroxylation sites is 1. The Labute approximate surface area is 150 Å². The summed E-state index contributed by atoms with van der Waals surface area (Å²) in [6.07, 6.45) is 4.71. The van der Waals surface area contributed by atoms with Crippen molar-refractivity contribution >= 4 is 27.4 Å². The summed E-state index contributed by atoms with van der Waals surface area (Å²) in [4.78, 5) is 10.2. The SMILES string of the molecule is c1ccc(CNNc2ncc(Cc3cnc4ccccc4c3)s2)cc1. The molecule has 0 bridgehead atoms. The van der Waals surface area contributed by atoms with E-state index in [-0.39, 0.29) is 0 Å². The molecule has 4 nitrogen and oxygen atoms in total. The van der Waals surface area contributed by atoms with Gasteiger partial charge in [0, 0.05) is 35.6 Å². The lowest BCUT2D eigenvalue weighted by Gasteiger charge is -2.05. The predicted molar refractivity (Wildman–Crippen MR) is 104 cm³/mol. The molecule has 4 rings (SSSR count). The van der Waals surface area contributed by atoms with E-state index < -0.39 is 0 Å². The highest BCUT2D eigenvalue weighted by Gasteiger charge is 2.04. The monoisotopic (exact) mass is 346 g/mol. The molecule has 0 unspecified atom stereocenters. The van der Waals surface area contributed by atoms with Crippen LogP contribution in [0, 0.1) is 0 Å². The molecule has 0 aliphatic rings. The van der Waals surface area contributed by atoms with E-state index in [4.69, 9.17) is 0 Å². The van der Waals surface area contributed by atoms with Crippen molar-refractivity contribution in [3.8, 4) is 0 Å². The Kier molecular flexibility index (Phi) is 4.68. The number of anilines is 1. The molecule has 4 aromatic rings. The standard InChI is InChI=1S/C20H18N4S/c1-2-6-15(7-3-1)13-23-24-20-22-14-18(25-20)11-16-10-17-8-4-5-9-19(17)21-12-16/h1-10,12,14,23H,11,13H2,(H,22,24). The van der Waals surface area contributed by atoms with Gasteiger partial charge in [-0.15, -0.1) is 11.3 Å². The van der Waals surface area contributed by atoms with E-state index in [9.17, 15) is 0 Å². The number of benzene rings is 2. The van der Waals surface area contributed by atoms with Gasteiger partial charge >= 0.3 is 0 Å². The van der Waals surface area contributed by atoms with Crippen molar-refractivity contribution in [2.24, 2.45) is 0 Å². The predicted octanol–water partition coefficient (Wildman–Crippen LogP) is 4.40. The minimum absolute atomic E-state index is 0.754. The van der Waals surface area contributed by atoms with Crippen molar-refractivity contribution in [2.45, 2.75) is 13.0 Å². The number of nitrogens with zero attached hydrogens (tertiary/aromatic N) is 2. The van der Waals surface area contributed by atoms with Crippen LogP contribution in [-0.4, -0.2) is 9.97 Å². The molecule has 124 valence electrons. The van der Waals surface area contributed by atoms with Crippen molar-refractivity contribution in [3.05, 3.63) is 89.1 Å². The molecule has 0 atom stereocenters. The lowest BCUT2D eigenvalue weighted by Crippen LogP contribution is -2.20. The summed E-state index contributed by atoms with van der Waals surface area (Å²) in [5.74, 6) is 0. The van der Waals surface area contributed by atoms with Crippen LogP contribution in [0.15, 0.2) is 73.1 Å². The van der Waals surface area contributed by atoms with E-state index in [1.807, 2.05) is 48.8 Å². The second-order valence-corrected chi connectivity index (χ2v) is 6.92. The first-order valence-corrected chi connectivity index (χ1v) is 9.00. The summed E-state index contributed by atoms with van der Waals surface area (Å²) in [5, 5.41) is 2.05. The Morgan fingerprint density at radius 1 is 0.840 bits per heavy atom. The van der Waals surface area contributed by atoms with Gasteiger partial charge in [0.25, 0.3) is 0 Å². The second-order valence-electron chi connectivity index (χ2n) is 5.81. The van der Waals surface area contributed by atoms with Gasteiger partial charge in [0.05, 0.1) is 5.52 Å². The van der Waals surface area contributed by atoms with Crippen LogP contribution in [0.2, 0.25) is 0 Å². The number of thiazole rings is 1. The molecule has 0 aliphatic carbocycles. The van der Waals surface area contributed by atoms with E-state index in [0.29, 0.717) is 0 Å². The van der Waals surface area contributed by atoms with Gasteiger partial charge < -0.3 is 0 Å². The summed E-state index contributed by atoms with van der Waals surface area (Å²) in [5.41, 5.74) is 9.84. The smallest absolute Gasteiger partial charge is 0.197 e. The van der Waals surface area contributed by atoms with Gasteiger partial charge in [0.2, 0.25) is 0 Å². The fraction of sp³-hybridized carbons (Fsp3) is 0.100. The third-order valence-electron chi connectivity index (χ3n) is 3.91. The van der Waals surface area contributed by atoms with Gasteiger partial charge in [-0.25, -0.2) is 10.4 Å². The van der Waals surface area contributed by atoms with Crippen LogP contribution in [0.3, 0.4) is 0 Å². The summed E-state index contributed by atoms with van der Waals surface area (Å²) >= 11 is 1.66. The number of hydrogen-bond donors (Lipinski definition) is 2. The first kappa shape index (κ1) is 15.7. The van der Waals surface area contributed by atoms with Gasteiger partial charge in [-0.05, 0) is 23.3 Å². The maximum absolute atomic E-state index is 4.52. The van der Waals surface area contributed by atoms with Crippen LogP contribution in [0.4, 0.5) is 5.13 Å². The fourth-order valence-corrected chi connectivity index (χ4v) is 3.50. The van der Waals surface area contributed by atoms with Gasteiger partial charge in [-0.2, -0.15) is 0 Å². The van der Waals surface area contributed by atoms with E-state index in [0.717, 1.165) is 23.6 Å². The van der Waals surface area contributed by atoms with Crippen LogP contribution in [0.25, 0.3) is 10.9 Å². The third-order valence-corrected chi connectivity index (χ3v) is 4.82. The topological polar surface area (TPSA) is 49.8 Å². The van der Waals surface area contributed by atoms with Gasteiger partial charge in [0.15, 0.2) is 5.13 Å². The molecule has 0 saturated carbocycles. The molecule has 2 aromatic heterocycles. The van der Waals surface area contributed by atoms with Gasteiger partial charge in [0.1, 0.15) is 0 Å². The summed E-state index contributed by atoms with van der Waals surface area (Å²) in [7, 11) is 0. The molecule has 25 heavy (non-hydrogen) atoms. The zero-order valence-electron chi connectivity index (χ0n) is 13.6. The molecular formula is C20H18N4S. The maximum atomic E-state index is 4.52. The quantitative estimate of drug-likeness (QED) is 0.508. The molecule has 2 aromatic carbocycles. The molecule has 2 N–H and O–H groups in total. The Morgan fingerprint density at radius 2 is 1.68 bits per heavy atom. The molecule has 0 saturated heterocycles. The summed E-state index contributed by atoms with van der Waals surface area (Å²) in [6, 6.07) is 20.7. The molecule has 5 heteroatoms. The van der Waals surface area contributed by atoms with E-state index in [1.165, 1.54) is 21.4 Å². The average molecular weight is 346 g/mol. The minimum atomic E-state index is 0.754. The Morgan fingerprint density at radius 3 is 2.60 bits per heavy atom. The summed E-state index contributed by atoms with van der Waals surface area (Å²) in [6.45, 7) is 0.754. The fourth-order valence-electron chi connectivity index (χ4n) is 2.68. The van der Waals surface area contributed by atoms with Gasteiger partial charge in [-0.3, -0.25) is 10.4 Å². The first-order valence-electron chi connectivity index (χ1n) is 8.18. The van der Waals surface area contributed by atoms with Crippen molar-refractivity contribution in [3.63, 3.8) is 0 Å². The number of hydrogen-bond acceptors (Lipinski definition) is 5. The number of pyridine rings is 1. The zero-order chi connectivity index (χ0) is 16.9. The highest BCUT2D eigenvalue weighted by molar-refractivity contribution is 7.15. The minimum Gasteiger partial charge on any atom is -0.297 e. The number of nitrogens with one attached hydrogen (secondary N) is 2. The molecule has 0 fully saturated rings. The number of rotatable bonds is 6. The molecule has 0 spiro atoms. The second kappa shape index (κ2) is 7.42. The largest absolute Gasteiger partial charge is 0.297 e. The van der Waals surface area contributed by atoms with E-state index in [2.05, 4.69) is 45.1 Å². The highest BCUT2D eigenvalue weighted by atomic mass is 32.1. The third kappa shape index (κ3) is 4.02. The first-order chi connectivity index (χ1) is 12.4. The van der Waals surface area contributed by atoms with E-state index in [1.54, 1.807) is 11.3 Å². The normalized spacial score (nSPS) is 10.9. The van der Waals surface area contributed by atoms with Crippen molar-refractivity contribution < 1.29 is 0 Å². The summed E-state index contributed by atoms with van der Waals surface area (Å²) < 4.78 is 0. The highest BCUT2D eigenvalue weighted by Crippen LogP contribution is 2.22. The van der Waals surface area contributed by atoms with Crippen LogP contribution < -0.4 is 10.9 Å². The van der Waals surface area contributed by atoms with Crippen LogP contribution >= 0.6 is 11.3 Å². The number of fused-ring (bicyclic) bond motifs is 1. The van der Waals surface area contributed by atoms with Crippen molar-refractivity contribution in [1.82, 2.24) is 15.4 Å². The lowest BCUT2D eigenvalue weighted by atomic mass is 10.1. The maximum Gasteiger partial charge on any atom is 0.197 e. The van der Waals surface area contributed by atoms with Crippen LogP contribution in [-0.2, 0) is 13.0 Å². The number of hydrazine groups is 1. The molecule has 0 aliphatic heterocycles. The number of aromatic nitrogens is 2. The Balaban J connectivity index is 1.37. The molecule has 2 heterocycles. The zero-order valence-corrected chi connectivity index (χ0v) is 14.5. The average Bonchev–Trinajstić information content (AvgIpc) is 3.10.